The van der Waals surface area contributed by atoms with Gasteiger partial charge >= 0.3 is 0 Å². The lowest BCUT2D eigenvalue weighted by Crippen LogP contribution is -2.57. The molecule has 1 saturated carbocycles. The highest BCUT2D eigenvalue weighted by atomic mass is 127. The molecule has 2 saturated heterocycles. The van der Waals surface area contributed by atoms with E-state index < -0.39 is 0 Å². The number of hydrogen-bond acceptors (Lipinski definition) is 3. The standard InChI is InChI=1S/C23H36N4O.HI/c1-24-23(25-15-19-9-5-11-22(19)28)27-14-12-21-20(17-27)10-6-13-26(21)16-18-7-3-2-4-8-18;/h2-4,7-8,19-22,28H,5-6,9-17H2,1H3,(H,24,25);1H. The summed E-state index contributed by atoms with van der Waals surface area (Å²) in [6.45, 7) is 5.32. The third kappa shape index (κ3) is 5.64. The first-order chi connectivity index (χ1) is 13.7. The minimum atomic E-state index is -0.138. The highest BCUT2D eigenvalue weighted by Gasteiger charge is 2.37. The first-order valence-corrected chi connectivity index (χ1v) is 11.2. The fourth-order valence-electron chi connectivity index (χ4n) is 5.52. The predicted octanol–water partition coefficient (Wildman–Crippen LogP) is 3.33. The van der Waals surface area contributed by atoms with E-state index in [0.717, 1.165) is 57.3 Å². The largest absolute Gasteiger partial charge is 0.393 e. The van der Waals surface area contributed by atoms with Gasteiger partial charge in [0, 0.05) is 45.2 Å². The summed E-state index contributed by atoms with van der Waals surface area (Å²) in [6, 6.07) is 11.6. The molecule has 1 aliphatic carbocycles. The topological polar surface area (TPSA) is 51.1 Å². The molecule has 0 bridgehead atoms. The van der Waals surface area contributed by atoms with E-state index in [2.05, 4.69) is 50.4 Å². The van der Waals surface area contributed by atoms with Gasteiger partial charge in [0.05, 0.1) is 6.10 Å². The first-order valence-electron chi connectivity index (χ1n) is 11.2. The van der Waals surface area contributed by atoms with Crippen LogP contribution in [0.2, 0.25) is 0 Å². The maximum absolute atomic E-state index is 10.1. The molecule has 2 N–H and O–H groups in total. The van der Waals surface area contributed by atoms with Gasteiger partial charge in [-0.3, -0.25) is 9.89 Å². The highest BCUT2D eigenvalue weighted by Crippen LogP contribution is 2.32. The van der Waals surface area contributed by atoms with E-state index in [0.29, 0.717) is 12.0 Å². The number of benzene rings is 1. The summed E-state index contributed by atoms with van der Waals surface area (Å²) in [5.41, 5.74) is 1.43. The molecule has 1 aromatic rings. The normalized spacial score (nSPS) is 30.6. The van der Waals surface area contributed by atoms with E-state index in [-0.39, 0.29) is 30.1 Å². The Balaban J connectivity index is 0.00000240. The number of aliphatic imine (C=N–C) groups is 1. The zero-order valence-corrected chi connectivity index (χ0v) is 20.0. The van der Waals surface area contributed by atoms with Crippen LogP contribution in [0.25, 0.3) is 0 Å². The fraction of sp³-hybridized carbons (Fsp3) is 0.696. The Morgan fingerprint density at radius 1 is 1.10 bits per heavy atom. The summed E-state index contributed by atoms with van der Waals surface area (Å²) in [7, 11) is 1.89. The van der Waals surface area contributed by atoms with Crippen LogP contribution in [0.15, 0.2) is 35.3 Å². The van der Waals surface area contributed by atoms with E-state index >= 15 is 0 Å². The second kappa shape index (κ2) is 11.0. The van der Waals surface area contributed by atoms with Crippen LogP contribution >= 0.6 is 24.0 Å². The predicted molar refractivity (Wildman–Crippen MR) is 130 cm³/mol. The lowest BCUT2D eigenvalue weighted by molar-refractivity contribution is 0.0370. The number of fused-ring (bicyclic) bond motifs is 1. The van der Waals surface area contributed by atoms with Gasteiger partial charge in [-0.15, -0.1) is 24.0 Å². The second-order valence-corrected chi connectivity index (χ2v) is 8.85. The lowest BCUT2D eigenvalue weighted by atomic mass is 9.83. The lowest BCUT2D eigenvalue weighted by Gasteiger charge is -2.48. The molecule has 1 aromatic carbocycles. The van der Waals surface area contributed by atoms with Crippen LogP contribution < -0.4 is 5.32 Å². The van der Waals surface area contributed by atoms with Crippen molar-refractivity contribution in [2.24, 2.45) is 16.8 Å². The number of nitrogens with one attached hydrogen (secondary N) is 1. The third-order valence-electron chi connectivity index (χ3n) is 7.06. The quantitative estimate of drug-likeness (QED) is 0.369. The minimum Gasteiger partial charge on any atom is -0.393 e. The molecule has 0 spiro atoms. The zero-order chi connectivity index (χ0) is 19.3. The van der Waals surface area contributed by atoms with Gasteiger partial charge in [0.1, 0.15) is 0 Å². The number of nitrogens with zero attached hydrogens (tertiary/aromatic N) is 3. The van der Waals surface area contributed by atoms with Crippen LogP contribution in [0.4, 0.5) is 0 Å². The number of likely N-dealkylation sites (tertiary alicyclic amines) is 2. The van der Waals surface area contributed by atoms with E-state index in [1.807, 2.05) is 7.05 Å². The first kappa shape index (κ1) is 22.8. The third-order valence-corrected chi connectivity index (χ3v) is 7.06. The molecule has 0 aromatic heterocycles. The monoisotopic (exact) mass is 512 g/mol. The summed E-state index contributed by atoms with van der Waals surface area (Å²) >= 11 is 0. The summed E-state index contributed by atoms with van der Waals surface area (Å²) in [5.74, 6) is 2.13. The molecule has 4 rings (SSSR count). The van der Waals surface area contributed by atoms with Gasteiger partial charge in [-0.25, -0.2) is 0 Å². The van der Waals surface area contributed by atoms with Crippen LogP contribution in [0, 0.1) is 11.8 Å². The second-order valence-electron chi connectivity index (χ2n) is 8.85. The average Bonchev–Trinajstić information content (AvgIpc) is 3.14. The van der Waals surface area contributed by atoms with E-state index in [1.165, 1.54) is 31.4 Å². The molecule has 2 aliphatic heterocycles. The molecule has 6 heteroatoms. The van der Waals surface area contributed by atoms with E-state index in [1.54, 1.807) is 0 Å². The van der Waals surface area contributed by atoms with E-state index in [9.17, 15) is 5.11 Å². The Bertz CT molecular complexity index is 656. The number of aliphatic hydroxyl groups excluding tert-OH is 1. The average molecular weight is 512 g/mol. The van der Waals surface area contributed by atoms with Crippen LogP contribution in [-0.2, 0) is 6.54 Å². The smallest absolute Gasteiger partial charge is 0.193 e. The van der Waals surface area contributed by atoms with E-state index in [4.69, 9.17) is 0 Å². The maximum atomic E-state index is 10.1. The molecule has 2 heterocycles. The van der Waals surface area contributed by atoms with Gasteiger partial charge in [-0.2, -0.15) is 0 Å². The van der Waals surface area contributed by atoms with Gasteiger partial charge in [-0.05, 0) is 50.1 Å². The number of hydrogen-bond donors (Lipinski definition) is 2. The molecule has 3 fully saturated rings. The van der Waals surface area contributed by atoms with Crippen LogP contribution in [0.3, 0.4) is 0 Å². The molecule has 162 valence electrons. The summed E-state index contributed by atoms with van der Waals surface area (Å²) in [6.07, 6.45) is 6.93. The number of rotatable bonds is 4. The molecule has 0 radical (unpaired) electrons. The maximum Gasteiger partial charge on any atom is 0.193 e. The molecule has 29 heavy (non-hydrogen) atoms. The van der Waals surface area contributed by atoms with Crippen molar-refractivity contribution >= 4 is 29.9 Å². The van der Waals surface area contributed by atoms with Crippen molar-refractivity contribution in [1.29, 1.82) is 0 Å². The van der Waals surface area contributed by atoms with Crippen molar-refractivity contribution in [2.75, 3.05) is 33.2 Å². The number of piperidine rings is 2. The Hall–Kier alpha value is -0.860. The molecular weight excluding hydrogens is 475 g/mol. The van der Waals surface area contributed by atoms with Crippen molar-refractivity contribution in [3.63, 3.8) is 0 Å². The SMILES string of the molecule is CN=C(NCC1CCCC1O)N1CCC2C(CCCN2Cc2ccccc2)C1.I. The van der Waals surface area contributed by atoms with Crippen molar-refractivity contribution in [3.05, 3.63) is 35.9 Å². The number of aliphatic hydroxyl groups is 1. The Kier molecular flexibility index (Phi) is 8.62. The van der Waals surface area contributed by atoms with Gasteiger partial charge in [0.15, 0.2) is 5.96 Å². The van der Waals surface area contributed by atoms with Gasteiger partial charge in [0.2, 0.25) is 0 Å². The summed E-state index contributed by atoms with van der Waals surface area (Å²) in [5, 5.41) is 13.7. The Morgan fingerprint density at radius 3 is 2.66 bits per heavy atom. The Labute approximate surface area is 193 Å². The van der Waals surface area contributed by atoms with Gasteiger partial charge in [0.25, 0.3) is 0 Å². The minimum absolute atomic E-state index is 0. The fourth-order valence-corrected chi connectivity index (χ4v) is 5.52. The highest BCUT2D eigenvalue weighted by molar-refractivity contribution is 14.0. The zero-order valence-electron chi connectivity index (χ0n) is 17.7. The molecule has 4 unspecified atom stereocenters. The van der Waals surface area contributed by atoms with Crippen LogP contribution in [0.5, 0.6) is 0 Å². The number of halogens is 1. The molecule has 5 nitrogen and oxygen atoms in total. The molecule has 4 atom stereocenters. The molecular formula is C23H37IN4O. The molecule has 3 aliphatic rings. The van der Waals surface area contributed by atoms with Crippen molar-refractivity contribution in [3.8, 4) is 0 Å². The van der Waals surface area contributed by atoms with Crippen LogP contribution in [-0.4, -0.2) is 66.2 Å². The van der Waals surface area contributed by atoms with Crippen molar-refractivity contribution in [1.82, 2.24) is 15.1 Å². The number of guanidine groups is 1. The summed E-state index contributed by atoms with van der Waals surface area (Å²) < 4.78 is 0. The Morgan fingerprint density at radius 2 is 1.93 bits per heavy atom. The molecule has 0 amide bonds. The van der Waals surface area contributed by atoms with Crippen LogP contribution in [0.1, 0.15) is 44.1 Å². The van der Waals surface area contributed by atoms with Gasteiger partial charge < -0.3 is 15.3 Å². The van der Waals surface area contributed by atoms with Crippen molar-refractivity contribution in [2.45, 2.75) is 57.2 Å². The van der Waals surface area contributed by atoms with Crippen molar-refractivity contribution < 1.29 is 5.11 Å². The summed E-state index contributed by atoms with van der Waals surface area (Å²) in [4.78, 5) is 9.73. The van der Waals surface area contributed by atoms with Gasteiger partial charge in [-0.1, -0.05) is 36.8 Å².